The van der Waals surface area contributed by atoms with Crippen LogP contribution in [0.25, 0.3) is 10.4 Å². The third kappa shape index (κ3) is 4.44. The summed E-state index contributed by atoms with van der Waals surface area (Å²) in [5.74, 6) is 0. The first kappa shape index (κ1) is 18.2. The minimum absolute atomic E-state index is 0.0577. The van der Waals surface area contributed by atoms with Crippen LogP contribution in [0.5, 0.6) is 0 Å². The molecule has 0 saturated heterocycles. The van der Waals surface area contributed by atoms with Crippen molar-refractivity contribution < 1.29 is 14.0 Å². The summed E-state index contributed by atoms with van der Waals surface area (Å²) in [4.78, 5) is 10.2. The van der Waals surface area contributed by atoms with Gasteiger partial charge in [0.2, 0.25) is 0 Å². The molecule has 1 aliphatic heterocycles. The topological polar surface area (TPSA) is 82.8 Å². The van der Waals surface area contributed by atoms with Gasteiger partial charge < -0.3 is 14.5 Å². The van der Waals surface area contributed by atoms with Gasteiger partial charge in [-0.3, -0.25) is 4.39 Å². The number of rotatable bonds is 8. The molecule has 8 heteroatoms. The standard InChI is InChI=1S/C16H22FN5O2/c1-22(2)10-13-8-14(20-24-13)11-4-6-12(7-5-11)16(23-3)15(9-17)19-21-18/h4-7,13,15-16H,8-10H2,1-3H3/t13-,15+,16+/m0/s1. The third-order valence-corrected chi connectivity index (χ3v) is 3.84. The van der Waals surface area contributed by atoms with Crippen molar-refractivity contribution >= 4 is 5.71 Å². The molecule has 0 N–H and O–H groups in total. The molecule has 0 saturated carbocycles. The summed E-state index contributed by atoms with van der Waals surface area (Å²) in [5.41, 5.74) is 11.1. The molecule has 0 amide bonds. The van der Waals surface area contributed by atoms with Crippen molar-refractivity contribution in [1.29, 1.82) is 0 Å². The van der Waals surface area contributed by atoms with Gasteiger partial charge in [-0.05, 0) is 30.8 Å². The molecule has 0 aromatic heterocycles. The van der Waals surface area contributed by atoms with Crippen LogP contribution in [0, 0.1) is 0 Å². The molecule has 0 fully saturated rings. The zero-order valence-corrected chi connectivity index (χ0v) is 14.1. The lowest BCUT2D eigenvalue weighted by atomic mass is 9.99. The van der Waals surface area contributed by atoms with Crippen LogP contribution >= 0.6 is 0 Å². The Labute approximate surface area is 140 Å². The van der Waals surface area contributed by atoms with Crippen molar-refractivity contribution in [2.24, 2.45) is 10.3 Å². The number of hydrogen-bond acceptors (Lipinski definition) is 5. The molecular weight excluding hydrogens is 313 g/mol. The Kier molecular flexibility index (Phi) is 6.54. The number of nitrogens with zero attached hydrogens (tertiary/aromatic N) is 5. The molecule has 0 unspecified atom stereocenters. The van der Waals surface area contributed by atoms with E-state index in [9.17, 15) is 4.39 Å². The van der Waals surface area contributed by atoms with Gasteiger partial charge in [-0.25, -0.2) is 0 Å². The minimum atomic E-state index is -0.887. The van der Waals surface area contributed by atoms with E-state index in [1.807, 2.05) is 38.4 Å². The predicted molar refractivity (Wildman–Crippen MR) is 89.7 cm³/mol. The fourth-order valence-corrected chi connectivity index (χ4v) is 2.72. The Bertz CT molecular complexity index is 613. The highest BCUT2D eigenvalue weighted by Crippen LogP contribution is 2.25. The number of benzene rings is 1. The smallest absolute Gasteiger partial charge is 0.145 e. The fourth-order valence-electron chi connectivity index (χ4n) is 2.72. The average molecular weight is 335 g/mol. The van der Waals surface area contributed by atoms with Crippen LogP contribution in [-0.4, -0.2) is 57.2 Å². The fraction of sp³-hybridized carbons (Fsp3) is 0.562. The molecular formula is C16H22FN5O2. The van der Waals surface area contributed by atoms with E-state index in [1.165, 1.54) is 7.11 Å². The van der Waals surface area contributed by atoms with Gasteiger partial charge in [0.25, 0.3) is 0 Å². The molecule has 3 atom stereocenters. The summed E-state index contributed by atoms with van der Waals surface area (Å²) in [5, 5.41) is 7.61. The minimum Gasteiger partial charge on any atom is -0.390 e. The van der Waals surface area contributed by atoms with Gasteiger partial charge in [0, 0.05) is 25.0 Å². The zero-order chi connectivity index (χ0) is 17.5. The molecule has 24 heavy (non-hydrogen) atoms. The van der Waals surface area contributed by atoms with Crippen LogP contribution in [0.1, 0.15) is 23.7 Å². The van der Waals surface area contributed by atoms with Crippen LogP contribution in [0.15, 0.2) is 34.5 Å². The van der Waals surface area contributed by atoms with E-state index in [4.69, 9.17) is 15.1 Å². The molecule has 1 aromatic rings. The Morgan fingerprint density at radius 3 is 2.71 bits per heavy atom. The maximum absolute atomic E-state index is 13.1. The first-order valence-corrected chi connectivity index (χ1v) is 7.69. The Hall–Kier alpha value is -2.15. The molecule has 0 spiro atoms. The SMILES string of the molecule is CO[C@H](c1ccc(C2=NO[C@H](CN(C)C)C2)cc1)[C@@H](CF)N=[N+]=[N-]. The number of likely N-dealkylation sites (N-methyl/N-ethyl adjacent to an activating group) is 1. The van der Waals surface area contributed by atoms with Crippen molar-refractivity contribution in [2.45, 2.75) is 24.7 Å². The van der Waals surface area contributed by atoms with Crippen molar-refractivity contribution in [3.8, 4) is 0 Å². The lowest BCUT2D eigenvalue weighted by molar-refractivity contribution is 0.0650. The summed E-state index contributed by atoms with van der Waals surface area (Å²) in [6, 6.07) is 6.57. The zero-order valence-electron chi connectivity index (χ0n) is 14.1. The highest BCUT2D eigenvalue weighted by Gasteiger charge is 2.24. The maximum atomic E-state index is 13.1. The van der Waals surface area contributed by atoms with E-state index in [1.54, 1.807) is 0 Å². The van der Waals surface area contributed by atoms with E-state index in [0.717, 1.165) is 29.8 Å². The second-order valence-corrected chi connectivity index (χ2v) is 5.94. The second-order valence-electron chi connectivity index (χ2n) is 5.94. The molecule has 2 rings (SSSR count). The number of alkyl halides is 1. The molecule has 0 bridgehead atoms. The normalized spacial score (nSPS) is 19.4. The molecule has 130 valence electrons. The van der Waals surface area contributed by atoms with Crippen molar-refractivity contribution in [3.05, 3.63) is 45.8 Å². The van der Waals surface area contributed by atoms with Crippen LogP contribution < -0.4 is 0 Å². The lowest BCUT2D eigenvalue weighted by Crippen LogP contribution is -2.26. The van der Waals surface area contributed by atoms with Gasteiger partial charge in [-0.1, -0.05) is 34.5 Å². The number of oxime groups is 1. The third-order valence-electron chi connectivity index (χ3n) is 3.84. The van der Waals surface area contributed by atoms with Crippen LogP contribution in [0.3, 0.4) is 0 Å². The van der Waals surface area contributed by atoms with Gasteiger partial charge in [0.1, 0.15) is 12.8 Å². The van der Waals surface area contributed by atoms with Crippen LogP contribution in [-0.2, 0) is 9.57 Å². The number of halogens is 1. The number of ether oxygens (including phenoxy) is 1. The van der Waals surface area contributed by atoms with Gasteiger partial charge in [0.15, 0.2) is 0 Å². The van der Waals surface area contributed by atoms with Crippen LogP contribution in [0.2, 0.25) is 0 Å². The molecule has 0 radical (unpaired) electrons. The van der Waals surface area contributed by atoms with Crippen molar-refractivity contribution in [3.63, 3.8) is 0 Å². The molecule has 1 aliphatic rings. The highest BCUT2D eigenvalue weighted by atomic mass is 19.1. The van der Waals surface area contributed by atoms with Gasteiger partial charge >= 0.3 is 0 Å². The molecule has 7 nitrogen and oxygen atoms in total. The molecule has 1 heterocycles. The highest BCUT2D eigenvalue weighted by molar-refractivity contribution is 6.01. The van der Waals surface area contributed by atoms with E-state index in [2.05, 4.69) is 20.1 Å². The van der Waals surface area contributed by atoms with E-state index in [0.29, 0.717) is 0 Å². The van der Waals surface area contributed by atoms with E-state index >= 15 is 0 Å². The van der Waals surface area contributed by atoms with Crippen molar-refractivity contribution in [2.75, 3.05) is 34.4 Å². The summed E-state index contributed by atoms with van der Waals surface area (Å²) in [6.07, 6.45) is 0.183. The van der Waals surface area contributed by atoms with E-state index < -0.39 is 18.8 Å². The number of methoxy groups -OCH3 is 1. The molecule has 0 aliphatic carbocycles. The Morgan fingerprint density at radius 2 is 2.17 bits per heavy atom. The predicted octanol–water partition coefficient (Wildman–Crippen LogP) is 3.08. The summed E-state index contributed by atoms with van der Waals surface area (Å²) >= 11 is 0. The quantitative estimate of drug-likeness (QED) is 0.416. The summed E-state index contributed by atoms with van der Waals surface area (Å²) < 4.78 is 18.4. The Morgan fingerprint density at radius 1 is 1.46 bits per heavy atom. The molecule has 1 aromatic carbocycles. The van der Waals surface area contributed by atoms with Gasteiger partial charge in [-0.15, -0.1) is 0 Å². The van der Waals surface area contributed by atoms with Gasteiger partial charge in [-0.2, -0.15) is 0 Å². The first-order chi connectivity index (χ1) is 11.6. The maximum Gasteiger partial charge on any atom is 0.145 e. The van der Waals surface area contributed by atoms with E-state index in [-0.39, 0.29) is 6.10 Å². The number of azide groups is 1. The van der Waals surface area contributed by atoms with Crippen LogP contribution in [0.4, 0.5) is 4.39 Å². The average Bonchev–Trinajstić information content (AvgIpc) is 3.03. The second kappa shape index (κ2) is 8.63. The lowest BCUT2D eigenvalue weighted by Gasteiger charge is -2.20. The number of hydrogen-bond donors (Lipinski definition) is 0. The van der Waals surface area contributed by atoms with Gasteiger partial charge in [0.05, 0.1) is 17.9 Å². The van der Waals surface area contributed by atoms with Crippen molar-refractivity contribution in [1.82, 2.24) is 4.90 Å². The summed E-state index contributed by atoms with van der Waals surface area (Å²) in [7, 11) is 5.45. The first-order valence-electron chi connectivity index (χ1n) is 7.69. The Balaban J connectivity index is 2.09. The largest absolute Gasteiger partial charge is 0.390 e. The summed E-state index contributed by atoms with van der Waals surface area (Å²) in [6.45, 7) is 0.0260. The monoisotopic (exact) mass is 335 g/mol.